The number of aliphatic hydroxyl groups excluding tert-OH is 1. The molecule has 5 atom stereocenters. The summed E-state index contributed by atoms with van der Waals surface area (Å²) >= 11 is 0. The molecule has 52 heavy (non-hydrogen) atoms. The van der Waals surface area contributed by atoms with Gasteiger partial charge < -0.3 is 41.1 Å². The Hall–Kier alpha value is -4.64. The third kappa shape index (κ3) is 11.4. The van der Waals surface area contributed by atoms with Crippen LogP contribution >= 0.6 is 0 Å². The molecule has 0 saturated heterocycles. The van der Waals surface area contributed by atoms with Gasteiger partial charge in [0.05, 0.1) is 24.6 Å². The summed E-state index contributed by atoms with van der Waals surface area (Å²) in [5.74, 6) is -3.17. The minimum atomic E-state index is -1.16. The van der Waals surface area contributed by atoms with Gasteiger partial charge in [-0.05, 0) is 75.0 Å². The predicted molar refractivity (Wildman–Crippen MR) is 195 cm³/mol. The minimum absolute atomic E-state index is 0.00111. The lowest BCUT2D eigenvalue weighted by molar-refractivity contribution is -0.143. The number of ether oxygens (including phenoxy) is 2. The van der Waals surface area contributed by atoms with Gasteiger partial charge in [-0.25, -0.2) is 0 Å². The van der Waals surface area contributed by atoms with Crippen LogP contribution in [-0.2, 0) is 30.4 Å². The van der Waals surface area contributed by atoms with Crippen molar-refractivity contribution in [1.29, 1.82) is 5.26 Å². The largest absolute Gasteiger partial charge is 0.492 e. The molecule has 6 N–H and O–H groups in total. The second-order valence-corrected chi connectivity index (χ2v) is 13.6. The lowest BCUT2D eigenvalue weighted by Crippen LogP contribution is -2.46. The van der Waals surface area contributed by atoms with Crippen LogP contribution in [0.2, 0.25) is 0 Å². The maximum Gasteiger partial charge on any atom is 0.226 e. The van der Waals surface area contributed by atoms with Crippen LogP contribution in [0, 0.1) is 29.1 Å². The zero-order valence-electron chi connectivity index (χ0n) is 30.7. The Morgan fingerprint density at radius 1 is 1.00 bits per heavy atom. The number of unbranched alkanes of at least 4 members (excludes halogenated alkanes) is 1. The summed E-state index contributed by atoms with van der Waals surface area (Å²) in [6.07, 6.45) is 1.46. The highest BCUT2D eigenvalue weighted by atomic mass is 16.5. The van der Waals surface area contributed by atoms with Gasteiger partial charge in [0.25, 0.3) is 0 Å². The van der Waals surface area contributed by atoms with Crippen molar-refractivity contribution < 1.29 is 38.6 Å². The van der Waals surface area contributed by atoms with Crippen molar-refractivity contribution in [2.24, 2.45) is 29.2 Å². The van der Waals surface area contributed by atoms with Crippen molar-refractivity contribution in [3.8, 4) is 28.7 Å². The zero-order valence-corrected chi connectivity index (χ0v) is 30.7. The van der Waals surface area contributed by atoms with Crippen LogP contribution in [0.3, 0.4) is 0 Å². The smallest absolute Gasteiger partial charge is 0.226 e. The molecule has 0 spiro atoms. The SMILES string of the molecule is CC(=O)C[C@@H](CCCCN)C(=O)N(C)[C@@H]1C(=O)C[C@@H](C)C(=O)N[C@H](C(=O)C[C@@H](C)C#N)Cc2ccc(OCCN)c(c2)-c2cc1ccc2OCCO. The molecule has 1 aliphatic heterocycles. The Morgan fingerprint density at radius 3 is 2.31 bits per heavy atom. The Bertz CT molecular complexity index is 1620. The molecule has 2 aromatic rings. The number of Topliss-reactive ketones (excluding diaryl/α,β-unsaturated/α-hetero) is 3. The van der Waals surface area contributed by atoms with Crippen molar-refractivity contribution >= 4 is 29.2 Å². The Morgan fingerprint density at radius 2 is 1.67 bits per heavy atom. The van der Waals surface area contributed by atoms with E-state index in [1.165, 1.54) is 18.9 Å². The number of carbonyl (C=O) groups is 5. The number of aliphatic hydroxyl groups is 1. The van der Waals surface area contributed by atoms with Crippen LogP contribution in [0.25, 0.3) is 11.1 Å². The van der Waals surface area contributed by atoms with Crippen LogP contribution in [0.1, 0.15) is 76.5 Å². The number of ketones is 3. The van der Waals surface area contributed by atoms with E-state index in [9.17, 15) is 34.3 Å². The summed E-state index contributed by atoms with van der Waals surface area (Å²) in [5, 5.41) is 21.8. The van der Waals surface area contributed by atoms with Gasteiger partial charge in [-0.1, -0.05) is 25.5 Å². The summed E-state index contributed by atoms with van der Waals surface area (Å²) in [6, 6.07) is 10.3. The van der Waals surface area contributed by atoms with E-state index >= 15 is 0 Å². The number of rotatable bonds is 17. The lowest BCUT2D eigenvalue weighted by Gasteiger charge is -2.32. The van der Waals surface area contributed by atoms with Crippen LogP contribution < -0.4 is 26.3 Å². The number of carbonyl (C=O) groups excluding carboxylic acids is 5. The van der Waals surface area contributed by atoms with Crippen molar-refractivity contribution in [3.05, 3.63) is 47.5 Å². The Labute approximate surface area is 306 Å². The molecule has 2 amide bonds. The summed E-state index contributed by atoms with van der Waals surface area (Å²) in [5.41, 5.74) is 13.6. The molecule has 1 heterocycles. The number of fused-ring (bicyclic) bond motifs is 5. The van der Waals surface area contributed by atoms with E-state index in [2.05, 4.69) is 11.4 Å². The maximum atomic E-state index is 14.4. The molecule has 282 valence electrons. The average Bonchev–Trinajstić information content (AvgIpc) is 3.11. The van der Waals surface area contributed by atoms with Crippen LogP contribution in [0.15, 0.2) is 36.4 Å². The van der Waals surface area contributed by atoms with Crippen LogP contribution in [0.4, 0.5) is 0 Å². The number of amides is 2. The van der Waals surface area contributed by atoms with Crippen molar-refractivity contribution in [1.82, 2.24) is 10.2 Å². The number of nitriles is 1. The standard InChI is InChI=1S/C39H53N5O8/c1-24(23-42)17-33(47)32-21-27-8-10-35(51-15-13-41)30(20-27)31-22-28(9-11-36(31)52-16-14-45)37(34(48)18-25(2)38(49)43-32)44(4)39(50)29(19-26(3)46)7-5-6-12-40/h8-11,20,22,24-25,29,32,37,45H,5-7,12-19,21,40-41H2,1-4H3,(H,43,49)/t24-,25-,29-,32+,37+/m1/s1. The summed E-state index contributed by atoms with van der Waals surface area (Å²) in [6.45, 7) is 5.19. The molecular formula is C39H53N5O8. The van der Waals surface area contributed by atoms with E-state index in [0.717, 1.165) is 0 Å². The molecule has 0 unspecified atom stereocenters. The van der Waals surface area contributed by atoms with Gasteiger partial charge in [0.15, 0.2) is 11.6 Å². The first-order valence-electron chi connectivity index (χ1n) is 17.9. The molecule has 0 saturated carbocycles. The zero-order chi connectivity index (χ0) is 38.4. The van der Waals surface area contributed by atoms with Gasteiger partial charge in [0, 0.05) is 55.8 Å². The van der Waals surface area contributed by atoms with E-state index in [1.54, 1.807) is 50.2 Å². The number of likely N-dealkylation sites (N-methyl/N-ethyl adjacent to an activating group) is 1. The van der Waals surface area contributed by atoms with Crippen molar-refractivity contribution in [2.45, 2.75) is 77.8 Å². The van der Waals surface area contributed by atoms with Gasteiger partial charge in [0.1, 0.15) is 36.5 Å². The number of benzene rings is 2. The van der Waals surface area contributed by atoms with E-state index in [0.29, 0.717) is 59.6 Å². The predicted octanol–water partition coefficient (Wildman–Crippen LogP) is 3.04. The lowest BCUT2D eigenvalue weighted by atomic mass is 9.88. The molecule has 0 fully saturated rings. The monoisotopic (exact) mass is 719 g/mol. The minimum Gasteiger partial charge on any atom is -0.492 e. The van der Waals surface area contributed by atoms with Crippen molar-refractivity contribution in [3.63, 3.8) is 0 Å². The molecule has 13 heteroatoms. The molecule has 0 aliphatic carbocycles. The average molecular weight is 720 g/mol. The highest BCUT2D eigenvalue weighted by molar-refractivity contribution is 5.96. The fraction of sp³-hybridized carbons (Fsp3) is 0.538. The van der Waals surface area contributed by atoms with Gasteiger partial charge in [-0.15, -0.1) is 0 Å². The molecule has 2 aromatic carbocycles. The topological polar surface area (TPSA) is 215 Å². The van der Waals surface area contributed by atoms with Crippen molar-refractivity contribution in [2.75, 3.05) is 40.0 Å². The molecule has 13 nitrogen and oxygen atoms in total. The number of hydrogen-bond donors (Lipinski definition) is 4. The second-order valence-electron chi connectivity index (χ2n) is 13.6. The Kier molecular flexibility index (Phi) is 16.4. The summed E-state index contributed by atoms with van der Waals surface area (Å²) in [4.78, 5) is 69.3. The van der Waals surface area contributed by atoms with E-state index < -0.39 is 47.4 Å². The number of nitrogens with zero attached hydrogens (tertiary/aromatic N) is 2. The van der Waals surface area contributed by atoms with E-state index in [1.807, 2.05) is 0 Å². The fourth-order valence-corrected chi connectivity index (χ4v) is 6.45. The quantitative estimate of drug-likeness (QED) is 0.174. The summed E-state index contributed by atoms with van der Waals surface area (Å²) in [7, 11) is 1.52. The number of nitrogens with two attached hydrogens (primary N) is 2. The number of nitrogens with one attached hydrogen (secondary N) is 1. The molecular weight excluding hydrogens is 666 g/mol. The molecule has 1 aliphatic rings. The van der Waals surface area contributed by atoms with Gasteiger partial charge in [0.2, 0.25) is 11.8 Å². The highest BCUT2D eigenvalue weighted by Crippen LogP contribution is 2.41. The fourth-order valence-electron chi connectivity index (χ4n) is 6.45. The Balaban J connectivity index is 2.29. The van der Waals surface area contributed by atoms with Gasteiger partial charge in [-0.2, -0.15) is 5.26 Å². The van der Waals surface area contributed by atoms with Crippen LogP contribution in [-0.4, -0.2) is 85.2 Å². The summed E-state index contributed by atoms with van der Waals surface area (Å²) < 4.78 is 12.0. The molecule has 4 bridgehead atoms. The normalized spacial score (nSPS) is 18.6. The number of hydrogen-bond acceptors (Lipinski definition) is 11. The second kappa shape index (κ2) is 20.4. The maximum absolute atomic E-state index is 14.4. The van der Waals surface area contributed by atoms with E-state index in [4.69, 9.17) is 20.9 Å². The van der Waals surface area contributed by atoms with Gasteiger partial charge >= 0.3 is 0 Å². The highest BCUT2D eigenvalue weighted by Gasteiger charge is 2.36. The first-order valence-corrected chi connectivity index (χ1v) is 17.9. The first-order chi connectivity index (χ1) is 24.8. The van der Waals surface area contributed by atoms with Gasteiger partial charge in [-0.3, -0.25) is 19.2 Å². The molecule has 3 rings (SSSR count). The first kappa shape index (κ1) is 41.8. The molecule has 0 radical (unpaired) electrons. The third-order valence-electron chi connectivity index (χ3n) is 9.14. The van der Waals surface area contributed by atoms with Crippen LogP contribution in [0.5, 0.6) is 11.5 Å². The van der Waals surface area contributed by atoms with E-state index in [-0.39, 0.29) is 63.6 Å². The third-order valence-corrected chi connectivity index (χ3v) is 9.14. The molecule has 0 aromatic heterocycles.